The van der Waals surface area contributed by atoms with Gasteiger partial charge in [-0.05, 0) is 19.8 Å². The van der Waals surface area contributed by atoms with E-state index < -0.39 is 8.07 Å². The van der Waals surface area contributed by atoms with Crippen molar-refractivity contribution in [1.29, 1.82) is 0 Å². The van der Waals surface area contributed by atoms with Crippen molar-refractivity contribution >= 4 is 17.0 Å². The van der Waals surface area contributed by atoms with E-state index in [0.717, 1.165) is 0 Å². The molecule has 0 heterocycles. The molecule has 0 amide bonds. The van der Waals surface area contributed by atoms with Gasteiger partial charge in [0.2, 0.25) is 0 Å². The lowest BCUT2D eigenvalue weighted by Crippen LogP contribution is -2.37. The van der Waals surface area contributed by atoms with E-state index in [2.05, 4.69) is 44.8 Å². The molecule has 0 N–H and O–H groups in total. The molecule has 61 valence electrons. The van der Waals surface area contributed by atoms with Crippen LogP contribution >= 0.6 is 0 Å². The van der Waals surface area contributed by atoms with Gasteiger partial charge in [-0.2, -0.15) is 0 Å². The summed E-state index contributed by atoms with van der Waals surface area (Å²) in [6, 6.07) is 0. The van der Waals surface area contributed by atoms with Crippen LogP contribution in [0.1, 0.15) is 0 Å². The molecule has 3 heteroatoms. The van der Waals surface area contributed by atoms with E-state index in [-0.39, 0.29) is 8.96 Å². The van der Waals surface area contributed by atoms with Crippen LogP contribution in [0.15, 0.2) is 0 Å². The van der Waals surface area contributed by atoms with Crippen molar-refractivity contribution in [3.05, 3.63) is 0 Å². The number of rotatable bonds is 3. The molecular formula is C7H20NSi2. The first kappa shape index (κ1) is 10.4. The molecule has 0 aliphatic rings. The van der Waals surface area contributed by atoms with Crippen molar-refractivity contribution in [2.24, 2.45) is 0 Å². The molecule has 0 aromatic heterocycles. The van der Waals surface area contributed by atoms with Gasteiger partial charge < -0.3 is 4.57 Å². The fourth-order valence-electron chi connectivity index (χ4n) is 0.926. The molecule has 0 saturated carbocycles. The van der Waals surface area contributed by atoms with Gasteiger partial charge in [0.15, 0.2) is 0 Å². The Bertz CT molecular complexity index is 96.3. The van der Waals surface area contributed by atoms with E-state index in [1.165, 1.54) is 5.67 Å². The fraction of sp³-hybridized carbons (Fsp3) is 1.00. The van der Waals surface area contributed by atoms with E-state index >= 15 is 0 Å². The van der Waals surface area contributed by atoms with E-state index in [0.29, 0.717) is 0 Å². The van der Waals surface area contributed by atoms with Gasteiger partial charge in [-0.3, -0.25) is 0 Å². The van der Waals surface area contributed by atoms with Gasteiger partial charge in [-0.1, -0.05) is 26.2 Å². The number of hydrogen-bond acceptors (Lipinski definition) is 1. The summed E-state index contributed by atoms with van der Waals surface area (Å²) in [5.74, 6) is 0. The second-order valence-corrected chi connectivity index (χ2v) is 13.3. The fourth-order valence-corrected chi connectivity index (χ4v) is 8.33. The molecule has 0 atom stereocenters. The maximum Gasteiger partial charge on any atom is 0.129 e. The maximum atomic E-state index is 2.45. The molecule has 0 bridgehead atoms. The predicted molar refractivity (Wildman–Crippen MR) is 53.5 cm³/mol. The SMILES string of the molecule is CN(C)[Si](C)C[Si](C)(C)C. The summed E-state index contributed by atoms with van der Waals surface area (Å²) in [5, 5.41) is 0. The minimum Gasteiger partial charge on any atom is -0.330 e. The smallest absolute Gasteiger partial charge is 0.129 e. The molecule has 1 nitrogen and oxygen atoms in total. The third-order valence-electron chi connectivity index (χ3n) is 1.55. The summed E-state index contributed by atoms with van der Waals surface area (Å²) in [6.45, 7) is 9.75. The van der Waals surface area contributed by atoms with Crippen LogP contribution < -0.4 is 0 Å². The largest absolute Gasteiger partial charge is 0.330 e. The lowest BCUT2D eigenvalue weighted by Gasteiger charge is -2.24. The van der Waals surface area contributed by atoms with Crippen LogP contribution in [0, 0.1) is 0 Å². The normalized spacial score (nSPS) is 13.2. The van der Waals surface area contributed by atoms with E-state index in [9.17, 15) is 0 Å². The van der Waals surface area contributed by atoms with Crippen molar-refractivity contribution in [3.63, 3.8) is 0 Å². The van der Waals surface area contributed by atoms with Crippen LogP contribution in [0.2, 0.25) is 31.9 Å². The summed E-state index contributed by atoms with van der Waals surface area (Å²) in [7, 11) is 3.46. The van der Waals surface area contributed by atoms with Crippen LogP contribution in [0.4, 0.5) is 0 Å². The van der Waals surface area contributed by atoms with Crippen LogP contribution in [0.5, 0.6) is 0 Å². The van der Waals surface area contributed by atoms with Gasteiger partial charge in [0.25, 0.3) is 0 Å². The van der Waals surface area contributed by atoms with Crippen molar-refractivity contribution < 1.29 is 0 Å². The summed E-state index contributed by atoms with van der Waals surface area (Å²) < 4.78 is 2.41. The van der Waals surface area contributed by atoms with Gasteiger partial charge in [-0.25, -0.2) is 0 Å². The van der Waals surface area contributed by atoms with Crippen molar-refractivity contribution in [1.82, 2.24) is 4.57 Å². The Morgan fingerprint density at radius 3 is 1.70 bits per heavy atom. The van der Waals surface area contributed by atoms with Gasteiger partial charge >= 0.3 is 0 Å². The third-order valence-corrected chi connectivity index (χ3v) is 9.37. The highest BCUT2D eigenvalue weighted by Gasteiger charge is 2.19. The third kappa shape index (κ3) is 5.20. The van der Waals surface area contributed by atoms with E-state index in [1.54, 1.807) is 0 Å². The molecule has 0 aliphatic heterocycles. The summed E-state index contributed by atoms with van der Waals surface area (Å²) in [5.41, 5.74) is 1.50. The van der Waals surface area contributed by atoms with Crippen LogP contribution in [-0.4, -0.2) is 35.7 Å². The Morgan fingerprint density at radius 2 is 1.60 bits per heavy atom. The van der Waals surface area contributed by atoms with Crippen LogP contribution in [-0.2, 0) is 0 Å². The highest BCUT2D eigenvalue weighted by molar-refractivity contribution is 6.86. The molecule has 0 saturated heterocycles. The molecule has 0 unspecified atom stereocenters. The summed E-state index contributed by atoms with van der Waals surface area (Å²) in [4.78, 5) is 0. The molecule has 1 radical (unpaired) electrons. The summed E-state index contributed by atoms with van der Waals surface area (Å²) >= 11 is 0. The monoisotopic (exact) mass is 174 g/mol. The maximum absolute atomic E-state index is 2.45. The van der Waals surface area contributed by atoms with Gasteiger partial charge in [-0.15, -0.1) is 0 Å². The lowest BCUT2D eigenvalue weighted by atomic mass is 11.3. The van der Waals surface area contributed by atoms with Crippen molar-refractivity contribution in [2.75, 3.05) is 14.1 Å². The van der Waals surface area contributed by atoms with Gasteiger partial charge in [0.1, 0.15) is 8.96 Å². The standard InChI is InChI=1S/C7H20NSi2/c1-8(2)9(3)7-10(4,5)6/h7H2,1-6H3. The Labute approximate surface area is 68.1 Å². The molecule has 0 aromatic rings. The second kappa shape index (κ2) is 3.69. The number of hydrogen-bond donors (Lipinski definition) is 0. The van der Waals surface area contributed by atoms with E-state index in [4.69, 9.17) is 0 Å². The Kier molecular flexibility index (Phi) is 3.83. The molecule has 10 heavy (non-hydrogen) atoms. The second-order valence-electron chi connectivity index (χ2n) is 4.37. The Balaban J connectivity index is 3.68. The minimum atomic E-state index is -0.779. The van der Waals surface area contributed by atoms with Gasteiger partial charge in [0, 0.05) is 8.07 Å². The average Bonchev–Trinajstić information content (AvgIpc) is 1.60. The number of nitrogens with zero attached hydrogens (tertiary/aromatic N) is 1. The Morgan fingerprint density at radius 1 is 1.20 bits per heavy atom. The first-order chi connectivity index (χ1) is 4.33. The zero-order valence-electron chi connectivity index (χ0n) is 8.15. The Hall–Kier alpha value is 0.394. The zero-order chi connectivity index (χ0) is 8.36. The van der Waals surface area contributed by atoms with Crippen LogP contribution in [0.3, 0.4) is 0 Å². The van der Waals surface area contributed by atoms with E-state index in [1.807, 2.05) is 0 Å². The minimum absolute atomic E-state index is 0.169. The molecule has 0 spiro atoms. The topological polar surface area (TPSA) is 3.24 Å². The average molecular weight is 174 g/mol. The zero-order valence-corrected chi connectivity index (χ0v) is 10.2. The highest BCUT2D eigenvalue weighted by Crippen LogP contribution is 2.11. The summed E-state index contributed by atoms with van der Waals surface area (Å²) in [6.07, 6.45) is 0. The van der Waals surface area contributed by atoms with Crippen molar-refractivity contribution in [2.45, 2.75) is 31.9 Å². The quantitative estimate of drug-likeness (QED) is 0.592. The first-order valence-corrected chi connectivity index (χ1v) is 9.69. The molecule has 0 aromatic carbocycles. The highest BCUT2D eigenvalue weighted by atomic mass is 28.4. The molecule has 0 fully saturated rings. The predicted octanol–water partition coefficient (Wildman–Crippen LogP) is 2.05. The lowest BCUT2D eigenvalue weighted by molar-refractivity contribution is 0.645. The molecule has 0 aliphatic carbocycles. The molecular weight excluding hydrogens is 154 g/mol. The first-order valence-electron chi connectivity index (χ1n) is 3.83. The van der Waals surface area contributed by atoms with Gasteiger partial charge in [0.05, 0.1) is 0 Å². The molecule has 0 rings (SSSR count). The van der Waals surface area contributed by atoms with Crippen LogP contribution in [0.25, 0.3) is 0 Å². The van der Waals surface area contributed by atoms with Crippen molar-refractivity contribution in [3.8, 4) is 0 Å².